The minimum atomic E-state index is -0.500. The highest BCUT2D eigenvalue weighted by atomic mass is 16.5. The standard InChI is InChI=1S/C22H35N3O3/c1-16-7-6-8-18(14-25(2)15-19-9-4-5-12-28-19)22(16,27-3)17-10-11-24-20(13-17)21(23)26/h10-11,13,16,18-19H,4-9,12,14-15H2,1-3H3,(H2,23,26)/t16?,18?,19-,22?/m0/s1. The molecule has 6 nitrogen and oxygen atoms in total. The van der Waals surface area contributed by atoms with E-state index in [4.69, 9.17) is 15.2 Å². The van der Waals surface area contributed by atoms with Crippen LogP contribution in [0.1, 0.15) is 61.5 Å². The molecule has 0 aromatic carbocycles. The highest BCUT2D eigenvalue weighted by molar-refractivity contribution is 5.90. The van der Waals surface area contributed by atoms with E-state index in [-0.39, 0.29) is 0 Å². The minimum Gasteiger partial charge on any atom is -0.377 e. The van der Waals surface area contributed by atoms with Crippen LogP contribution in [0.2, 0.25) is 0 Å². The lowest BCUT2D eigenvalue weighted by atomic mass is 9.65. The number of aromatic nitrogens is 1. The predicted octanol–water partition coefficient (Wildman–Crippen LogP) is 2.96. The van der Waals surface area contributed by atoms with Crippen molar-refractivity contribution in [2.45, 2.75) is 57.2 Å². The molecule has 0 spiro atoms. The Bertz CT molecular complexity index is 662. The van der Waals surface area contributed by atoms with Crippen LogP contribution >= 0.6 is 0 Å². The van der Waals surface area contributed by atoms with E-state index < -0.39 is 11.5 Å². The Morgan fingerprint density at radius 1 is 1.32 bits per heavy atom. The molecule has 2 aliphatic rings. The van der Waals surface area contributed by atoms with Gasteiger partial charge >= 0.3 is 0 Å². The highest BCUT2D eigenvalue weighted by Crippen LogP contribution is 2.48. The zero-order valence-electron chi connectivity index (χ0n) is 17.5. The quantitative estimate of drug-likeness (QED) is 0.776. The largest absolute Gasteiger partial charge is 0.377 e. The molecular weight excluding hydrogens is 354 g/mol. The molecule has 2 N–H and O–H groups in total. The second-order valence-electron chi connectivity index (χ2n) is 8.53. The van der Waals surface area contributed by atoms with Crippen molar-refractivity contribution in [2.75, 3.05) is 33.9 Å². The van der Waals surface area contributed by atoms with Crippen LogP contribution in [0.25, 0.3) is 0 Å². The zero-order chi connectivity index (χ0) is 20.1. The maximum absolute atomic E-state index is 11.7. The average Bonchev–Trinajstić information content (AvgIpc) is 2.69. The molecule has 1 aromatic rings. The number of nitrogens with two attached hydrogens (primary N) is 1. The van der Waals surface area contributed by atoms with Crippen LogP contribution in [0, 0.1) is 11.8 Å². The molecule has 1 amide bonds. The van der Waals surface area contributed by atoms with E-state index in [0.717, 1.165) is 44.5 Å². The number of carbonyl (C=O) groups excluding carboxylic acids is 1. The van der Waals surface area contributed by atoms with Gasteiger partial charge in [0.25, 0.3) is 5.91 Å². The van der Waals surface area contributed by atoms with Crippen molar-refractivity contribution in [3.8, 4) is 0 Å². The summed E-state index contributed by atoms with van der Waals surface area (Å²) in [5.74, 6) is 0.177. The Balaban J connectivity index is 1.83. The van der Waals surface area contributed by atoms with E-state index in [2.05, 4.69) is 23.9 Å². The monoisotopic (exact) mass is 389 g/mol. The molecule has 1 aliphatic heterocycles. The van der Waals surface area contributed by atoms with Crippen LogP contribution in [0.3, 0.4) is 0 Å². The van der Waals surface area contributed by atoms with Gasteiger partial charge in [0.2, 0.25) is 0 Å². The Morgan fingerprint density at radius 2 is 2.14 bits per heavy atom. The topological polar surface area (TPSA) is 77.7 Å². The Kier molecular flexibility index (Phi) is 7.07. The Hall–Kier alpha value is -1.50. The number of primary amides is 1. The molecule has 3 rings (SSSR count). The number of methoxy groups -OCH3 is 1. The van der Waals surface area contributed by atoms with E-state index in [9.17, 15) is 4.79 Å². The molecule has 2 heterocycles. The molecule has 4 atom stereocenters. The lowest BCUT2D eigenvalue weighted by molar-refractivity contribution is -0.133. The SMILES string of the molecule is COC1(c2ccnc(C(N)=O)c2)C(C)CCCC1CN(C)C[C@@H]1CCCCO1. The van der Waals surface area contributed by atoms with Gasteiger partial charge in [-0.05, 0) is 62.8 Å². The van der Waals surface area contributed by atoms with Crippen molar-refractivity contribution in [1.82, 2.24) is 9.88 Å². The molecule has 156 valence electrons. The highest BCUT2D eigenvalue weighted by Gasteiger charge is 2.48. The van der Waals surface area contributed by atoms with E-state index in [0.29, 0.717) is 23.6 Å². The van der Waals surface area contributed by atoms with Crippen LogP contribution in [-0.2, 0) is 15.1 Å². The fraction of sp³-hybridized carbons (Fsp3) is 0.727. The first-order valence-electron chi connectivity index (χ1n) is 10.6. The van der Waals surface area contributed by atoms with Crippen LogP contribution in [0.4, 0.5) is 0 Å². The van der Waals surface area contributed by atoms with Gasteiger partial charge < -0.3 is 20.1 Å². The van der Waals surface area contributed by atoms with Gasteiger partial charge in [-0.3, -0.25) is 9.78 Å². The molecule has 1 aromatic heterocycles. The maximum atomic E-state index is 11.7. The Labute approximate surface area is 168 Å². The van der Waals surface area contributed by atoms with Crippen molar-refractivity contribution >= 4 is 5.91 Å². The Morgan fingerprint density at radius 3 is 2.82 bits per heavy atom. The summed E-state index contributed by atoms with van der Waals surface area (Å²) in [4.78, 5) is 18.2. The van der Waals surface area contributed by atoms with Crippen LogP contribution in [0.5, 0.6) is 0 Å². The van der Waals surface area contributed by atoms with Crippen molar-refractivity contribution in [3.05, 3.63) is 29.6 Å². The third-order valence-electron chi connectivity index (χ3n) is 6.65. The van der Waals surface area contributed by atoms with Crippen molar-refractivity contribution in [1.29, 1.82) is 0 Å². The number of pyridine rings is 1. The molecule has 1 aliphatic carbocycles. The normalized spacial score (nSPS) is 31.1. The number of amides is 1. The van der Waals surface area contributed by atoms with Gasteiger partial charge in [0.05, 0.1) is 11.7 Å². The van der Waals surface area contributed by atoms with E-state index in [1.807, 2.05) is 12.1 Å². The summed E-state index contributed by atoms with van der Waals surface area (Å²) in [6.07, 6.45) is 8.99. The molecule has 1 saturated heterocycles. The zero-order valence-corrected chi connectivity index (χ0v) is 17.5. The molecule has 28 heavy (non-hydrogen) atoms. The third-order valence-corrected chi connectivity index (χ3v) is 6.65. The van der Waals surface area contributed by atoms with Crippen LogP contribution < -0.4 is 5.73 Å². The number of nitrogens with zero attached hydrogens (tertiary/aromatic N) is 2. The summed E-state index contributed by atoms with van der Waals surface area (Å²) in [7, 11) is 3.97. The van der Waals surface area contributed by atoms with E-state index >= 15 is 0 Å². The first-order chi connectivity index (χ1) is 13.5. The summed E-state index contributed by atoms with van der Waals surface area (Å²) in [6.45, 7) is 5.03. The summed E-state index contributed by atoms with van der Waals surface area (Å²) < 4.78 is 12.2. The van der Waals surface area contributed by atoms with Gasteiger partial charge in [-0.1, -0.05) is 13.3 Å². The van der Waals surface area contributed by atoms with Crippen molar-refractivity contribution < 1.29 is 14.3 Å². The first-order valence-corrected chi connectivity index (χ1v) is 10.6. The predicted molar refractivity (Wildman–Crippen MR) is 109 cm³/mol. The summed E-state index contributed by atoms with van der Waals surface area (Å²) in [5, 5.41) is 0. The molecule has 6 heteroatoms. The minimum absolute atomic E-state index is 0.300. The van der Waals surface area contributed by atoms with E-state index in [1.165, 1.54) is 19.3 Å². The third kappa shape index (κ3) is 4.39. The molecule has 0 radical (unpaired) electrons. The first kappa shape index (κ1) is 21.2. The molecule has 0 bridgehead atoms. The summed E-state index contributed by atoms with van der Waals surface area (Å²) in [5.41, 5.74) is 6.36. The number of carbonyl (C=O) groups is 1. The van der Waals surface area contributed by atoms with Gasteiger partial charge in [0.15, 0.2) is 0 Å². The molecule has 1 saturated carbocycles. The van der Waals surface area contributed by atoms with Gasteiger partial charge in [-0.15, -0.1) is 0 Å². The van der Waals surface area contributed by atoms with E-state index in [1.54, 1.807) is 13.3 Å². The lowest BCUT2D eigenvalue weighted by Gasteiger charge is -2.49. The van der Waals surface area contributed by atoms with Gasteiger partial charge in [0, 0.05) is 38.9 Å². The van der Waals surface area contributed by atoms with Crippen molar-refractivity contribution in [3.63, 3.8) is 0 Å². The van der Waals surface area contributed by atoms with Crippen LogP contribution in [-0.4, -0.2) is 55.7 Å². The number of hydrogen-bond donors (Lipinski definition) is 1. The fourth-order valence-electron chi connectivity index (χ4n) is 5.29. The molecule has 3 unspecified atom stereocenters. The number of likely N-dealkylation sites (N-methyl/N-ethyl adjacent to an activating group) is 1. The van der Waals surface area contributed by atoms with Gasteiger partial charge in [0.1, 0.15) is 5.69 Å². The summed E-state index contributed by atoms with van der Waals surface area (Å²) >= 11 is 0. The van der Waals surface area contributed by atoms with Crippen molar-refractivity contribution in [2.24, 2.45) is 17.6 Å². The summed E-state index contributed by atoms with van der Waals surface area (Å²) in [6, 6.07) is 3.81. The van der Waals surface area contributed by atoms with Gasteiger partial charge in [-0.25, -0.2) is 0 Å². The number of ether oxygens (including phenoxy) is 2. The maximum Gasteiger partial charge on any atom is 0.267 e. The van der Waals surface area contributed by atoms with Crippen LogP contribution in [0.15, 0.2) is 18.3 Å². The lowest BCUT2D eigenvalue weighted by Crippen LogP contribution is -2.50. The second-order valence-corrected chi connectivity index (χ2v) is 8.53. The number of hydrogen-bond acceptors (Lipinski definition) is 5. The average molecular weight is 390 g/mol. The smallest absolute Gasteiger partial charge is 0.267 e. The number of rotatable bonds is 7. The van der Waals surface area contributed by atoms with Gasteiger partial charge in [-0.2, -0.15) is 0 Å². The fourth-order valence-corrected chi connectivity index (χ4v) is 5.29. The molecule has 2 fully saturated rings. The second kappa shape index (κ2) is 9.33. The molecular formula is C22H35N3O3.